The first-order valence-corrected chi connectivity index (χ1v) is 5.94. The summed E-state index contributed by atoms with van der Waals surface area (Å²) in [6.07, 6.45) is 0. The summed E-state index contributed by atoms with van der Waals surface area (Å²) in [7, 11) is 0. The Balaban J connectivity index is 1.93. The average Bonchev–Trinajstić information content (AvgIpc) is 2.47. The number of rotatable bonds is 2. The number of hydrogen-bond donors (Lipinski definition) is 1. The van der Waals surface area contributed by atoms with E-state index in [0.29, 0.717) is 0 Å². The quantitative estimate of drug-likeness (QED) is 0.836. The molecule has 2 rings (SSSR count). The first kappa shape index (κ1) is 13.8. The molecule has 2 aromatic rings. The van der Waals surface area contributed by atoms with Crippen LogP contribution >= 0.6 is 0 Å². The first-order chi connectivity index (χ1) is 9.66. The summed E-state index contributed by atoms with van der Waals surface area (Å²) in [4.78, 5) is 11.7. The highest BCUT2D eigenvalue weighted by molar-refractivity contribution is 5.94. The van der Waals surface area contributed by atoms with Gasteiger partial charge in [0.1, 0.15) is 0 Å². The van der Waals surface area contributed by atoms with Gasteiger partial charge in [0.15, 0.2) is 11.6 Å². The molecule has 0 aliphatic rings. The van der Waals surface area contributed by atoms with Gasteiger partial charge in [-0.1, -0.05) is 30.0 Å². The molecular weight excluding hydrogens is 260 g/mol. The van der Waals surface area contributed by atoms with E-state index in [0.717, 1.165) is 17.7 Å². The number of halogens is 2. The highest BCUT2D eigenvalue weighted by Crippen LogP contribution is 2.08. The van der Waals surface area contributed by atoms with Gasteiger partial charge in [0.2, 0.25) is 0 Å². The van der Waals surface area contributed by atoms with Gasteiger partial charge in [-0.3, -0.25) is 4.79 Å². The zero-order chi connectivity index (χ0) is 14.4. The Bertz CT molecular complexity index is 672. The lowest BCUT2D eigenvalue weighted by Gasteiger charge is -2.01. The van der Waals surface area contributed by atoms with Crippen LogP contribution in [0.2, 0.25) is 0 Å². The van der Waals surface area contributed by atoms with E-state index in [1.165, 1.54) is 6.07 Å². The van der Waals surface area contributed by atoms with Crippen molar-refractivity contribution in [2.75, 3.05) is 6.54 Å². The van der Waals surface area contributed by atoms with Crippen LogP contribution < -0.4 is 5.32 Å². The predicted octanol–water partition coefficient (Wildman–Crippen LogP) is 2.75. The second kappa shape index (κ2) is 6.48. The predicted molar refractivity (Wildman–Crippen MR) is 72.0 cm³/mol. The van der Waals surface area contributed by atoms with Crippen LogP contribution in [0, 0.1) is 23.5 Å². The van der Waals surface area contributed by atoms with Gasteiger partial charge in [-0.25, -0.2) is 8.78 Å². The molecule has 0 saturated carbocycles. The normalized spacial score (nSPS) is 9.50. The number of carbonyl (C=O) groups is 1. The van der Waals surface area contributed by atoms with E-state index in [2.05, 4.69) is 17.2 Å². The summed E-state index contributed by atoms with van der Waals surface area (Å²) < 4.78 is 25.7. The minimum atomic E-state index is -1.05. The number of benzene rings is 2. The lowest BCUT2D eigenvalue weighted by molar-refractivity contribution is 0.0958. The summed E-state index contributed by atoms with van der Waals surface area (Å²) >= 11 is 0. The lowest BCUT2D eigenvalue weighted by Crippen LogP contribution is -2.23. The molecule has 20 heavy (non-hydrogen) atoms. The topological polar surface area (TPSA) is 29.1 Å². The van der Waals surface area contributed by atoms with E-state index in [1.807, 2.05) is 30.3 Å². The van der Waals surface area contributed by atoms with E-state index in [-0.39, 0.29) is 12.1 Å². The maximum atomic E-state index is 13.0. The lowest BCUT2D eigenvalue weighted by atomic mass is 10.2. The summed E-state index contributed by atoms with van der Waals surface area (Å²) in [5, 5.41) is 2.51. The molecule has 0 unspecified atom stereocenters. The van der Waals surface area contributed by atoms with Gasteiger partial charge in [-0.05, 0) is 30.3 Å². The van der Waals surface area contributed by atoms with Crippen LogP contribution in [-0.2, 0) is 0 Å². The van der Waals surface area contributed by atoms with Crippen molar-refractivity contribution in [3.05, 3.63) is 71.3 Å². The standard InChI is InChI=1S/C16H11F2NO/c17-14-9-8-13(11-15(14)18)16(20)19-10-4-7-12-5-2-1-3-6-12/h1-3,5-6,8-9,11H,10H2,(H,19,20). The van der Waals surface area contributed by atoms with Crippen molar-refractivity contribution in [2.45, 2.75) is 0 Å². The van der Waals surface area contributed by atoms with Crippen molar-refractivity contribution >= 4 is 5.91 Å². The third kappa shape index (κ3) is 3.66. The van der Waals surface area contributed by atoms with Gasteiger partial charge in [-0.15, -0.1) is 0 Å². The van der Waals surface area contributed by atoms with Crippen LogP contribution in [0.25, 0.3) is 0 Å². The third-order valence-corrected chi connectivity index (χ3v) is 2.53. The number of nitrogens with one attached hydrogen (secondary N) is 1. The second-order valence-electron chi connectivity index (χ2n) is 3.98. The fourth-order valence-electron chi connectivity index (χ4n) is 1.53. The van der Waals surface area contributed by atoms with Crippen molar-refractivity contribution in [3.8, 4) is 11.8 Å². The van der Waals surface area contributed by atoms with Gasteiger partial charge in [0.25, 0.3) is 5.91 Å². The summed E-state index contributed by atoms with van der Waals surface area (Å²) in [6.45, 7) is 0.132. The molecule has 0 radical (unpaired) electrons. The molecule has 0 spiro atoms. The molecule has 0 bridgehead atoms. The highest BCUT2D eigenvalue weighted by atomic mass is 19.2. The molecule has 0 heterocycles. The van der Waals surface area contributed by atoms with Crippen molar-refractivity contribution in [1.29, 1.82) is 0 Å². The fourth-order valence-corrected chi connectivity index (χ4v) is 1.53. The Morgan fingerprint density at radius 3 is 2.50 bits per heavy atom. The van der Waals surface area contributed by atoms with Gasteiger partial charge in [0.05, 0.1) is 6.54 Å². The summed E-state index contributed by atoms with van der Waals surface area (Å²) in [5.74, 6) is 3.13. The Morgan fingerprint density at radius 2 is 1.80 bits per heavy atom. The van der Waals surface area contributed by atoms with Crippen LogP contribution in [0.1, 0.15) is 15.9 Å². The Hall–Kier alpha value is -2.67. The number of amides is 1. The zero-order valence-corrected chi connectivity index (χ0v) is 10.5. The SMILES string of the molecule is O=C(NCC#Cc1ccccc1)c1ccc(F)c(F)c1. The van der Waals surface area contributed by atoms with Gasteiger partial charge in [-0.2, -0.15) is 0 Å². The molecule has 1 N–H and O–H groups in total. The molecule has 2 aromatic carbocycles. The molecule has 0 aliphatic carbocycles. The Kier molecular flexibility index (Phi) is 4.46. The zero-order valence-electron chi connectivity index (χ0n) is 10.5. The molecule has 0 saturated heterocycles. The van der Waals surface area contributed by atoms with Crippen LogP contribution in [0.15, 0.2) is 48.5 Å². The van der Waals surface area contributed by atoms with E-state index >= 15 is 0 Å². The minimum Gasteiger partial charge on any atom is -0.341 e. The van der Waals surface area contributed by atoms with E-state index in [1.54, 1.807) is 0 Å². The van der Waals surface area contributed by atoms with Crippen LogP contribution in [0.5, 0.6) is 0 Å². The number of carbonyl (C=O) groups excluding carboxylic acids is 1. The largest absolute Gasteiger partial charge is 0.341 e. The maximum Gasteiger partial charge on any atom is 0.252 e. The Labute approximate surface area is 115 Å². The van der Waals surface area contributed by atoms with Gasteiger partial charge < -0.3 is 5.32 Å². The Morgan fingerprint density at radius 1 is 1.05 bits per heavy atom. The minimum absolute atomic E-state index is 0.0606. The molecule has 0 atom stereocenters. The third-order valence-electron chi connectivity index (χ3n) is 2.53. The summed E-state index contributed by atoms with van der Waals surface area (Å²) in [5.41, 5.74) is 0.903. The smallest absolute Gasteiger partial charge is 0.252 e. The van der Waals surface area contributed by atoms with Crippen LogP contribution in [-0.4, -0.2) is 12.5 Å². The van der Waals surface area contributed by atoms with Gasteiger partial charge in [0, 0.05) is 11.1 Å². The molecule has 0 aliphatic heterocycles. The first-order valence-electron chi connectivity index (χ1n) is 5.94. The van der Waals surface area contributed by atoms with Crippen molar-refractivity contribution in [1.82, 2.24) is 5.32 Å². The highest BCUT2D eigenvalue weighted by Gasteiger charge is 2.08. The van der Waals surface area contributed by atoms with Gasteiger partial charge >= 0.3 is 0 Å². The molecule has 100 valence electrons. The molecular formula is C16H11F2NO. The monoisotopic (exact) mass is 271 g/mol. The van der Waals surface area contributed by atoms with Crippen molar-refractivity contribution in [3.63, 3.8) is 0 Å². The van der Waals surface area contributed by atoms with Crippen LogP contribution in [0.3, 0.4) is 0 Å². The summed E-state index contributed by atoms with van der Waals surface area (Å²) in [6, 6.07) is 12.3. The molecule has 2 nitrogen and oxygen atoms in total. The van der Waals surface area contributed by atoms with Crippen molar-refractivity contribution < 1.29 is 13.6 Å². The van der Waals surface area contributed by atoms with E-state index < -0.39 is 17.5 Å². The average molecular weight is 271 g/mol. The molecule has 4 heteroatoms. The second-order valence-corrected chi connectivity index (χ2v) is 3.98. The number of hydrogen-bond acceptors (Lipinski definition) is 1. The van der Waals surface area contributed by atoms with E-state index in [4.69, 9.17) is 0 Å². The molecule has 0 fully saturated rings. The van der Waals surface area contributed by atoms with E-state index in [9.17, 15) is 13.6 Å². The fraction of sp³-hybridized carbons (Fsp3) is 0.0625. The van der Waals surface area contributed by atoms with Crippen molar-refractivity contribution in [2.24, 2.45) is 0 Å². The molecule has 0 aromatic heterocycles. The molecule has 1 amide bonds. The van der Waals surface area contributed by atoms with Crippen LogP contribution in [0.4, 0.5) is 8.78 Å². The maximum absolute atomic E-state index is 13.0.